The molecule has 2 bridgehead atoms. The minimum atomic E-state index is -0.485. The van der Waals surface area contributed by atoms with E-state index in [9.17, 15) is 9.18 Å². The van der Waals surface area contributed by atoms with E-state index in [2.05, 4.69) is 15.9 Å². The van der Waals surface area contributed by atoms with E-state index in [0.717, 1.165) is 6.42 Å². The number of hydrogen-bond acceptors (Lipinski definition) is 2. The third kappa shape index (κ3) is 1.77. The highest BCUT2D eigenvalue weighted by Gasteiger charge is 2.42. The SMILES string of the molecule is O=C(c1cccc(Br)c1F)N1C[C@@H]2C[C@H]1CO2. The van der Waals surface area contributed by atoms with Crippen LogP contribution >= 0.6 is 15.9 Å². The van der Waals surface area contributed by atoms with Gasteiger partial charge in [-0.25, -0.2) is 4.39 Å². The zero-order valence-electron chi connectivity index (χ0n) is 9.03. The number of likely N-dealkylation sites (tertiary alicyclic amines) is 1. The van der Waals surface area contributed by atoms with E-state index < -0.39 is 5.82 Å². The molecule has 90 valence electrons. The number of ether oxygens (including phenoxy) is 1. The van der Waals surface area contributed by atoms with Crippen molar-refractivity contribution in [3.63, 3.8) is 0 Å². The highest BCUT2D eigenvalue weighted by Crippen LogP contribution is 2.30. The van der Waals surface area contributed by atoms with Crippen molar-refractivity contribution in [2.24, 2.45) is 0 Å². The minimum Gasteiger partial charge on any atom is -0.374 e. The van der Waals surface area contributed by atoms with Gasteiger partial charge in [0.25, 0.3) is 5.91 Å². The van der Waals surface area contributed by atoms with Crippen LogP contribution in [0.1, 0.15) is 16.8 Å². The molecule has 0 radical (unpaired) electrons. The van der Waals surface area contributed by atoms with Crippen LogP contribution in [0.25, 0.3) is 0 Å². The van der Waals surface area contributed by atoms with Crippen molar-refractivity contribution in [1.82, 2.24) is 4.90 Å². The van der Waals surface area contributed by atoms with E-state index in [1.54, 1.807) is 17.0 Å². The maximum atomic E-state index is 13.8. The molecule has 0 saturated carbocycles. The number of benzene rings is 1. The molecule has 0 aliphatic carbocycles. The highest BCUT2D eigenvalue weighted by molar-refractivity contribution is 9.10. The molecule has 1 aromatic rings. The number of halogens is 2. The van der Waals surface area contributed by atoms with Gasteiger partial charge in [-0.1, -0.05) is 6.07 Å². The van der Waals surface area contributed by atoms with Crippen molar-refractivity contribution >= 4 is 21.8 Å². The molecule has 2 heterocycles. The second-order valence-electron chi connectivity index (χ2n) is 4.40. The minimum absolute atomic E-state index is 0.117. The van der Waals surface area contributed by atoms with Crippen molar-refractivity contribution in [3.05, 3.63) is 34.1 Å². The molecule has 2 fully saturated rings. The number of hydrogen-bond donors (Lipinski definition) is 0. The molecule has 2 aliphatic rings. The number of fused-ring (bicyclic) bond motifs is 2. The van der Waals surface area contributed by atoms with Gasteiger partial charge in [-0.2, -0.15) is 0 Å². The summed E-state index contributed by atoms with van der Waals surface area (Å²) in [6.07, 6.45) is 1.01. The summed E-state index contributed by atoms with van der Waals surface area (Å²) in [6, 6.07) is 4.90. The fourth-order valence-corrected chi connectivity index (χ4v) is 2.84. The molecule has 17 heavy (non-hydrogen) atoms. The summed E-state index contributed by atoms with van der Waals surface area (Å²) in [6.45, 7) is 1.15. The van der Waals surface area contributed by atoms with Gasteiger partial charge in [0.1, 0.15) is 5.82 Å². The Bertz CT molecular complexity index is 480. The molecule has 1 aromatic carbocycles. The lowest BCUT2D eigenvalue weighted by atomic mass is 10.1. The molecule has 2 atom stereocenters. The Morgan fingerprint density at radius 1 is 1.53 bits per heavy atom. The summed E-state index contributed by atoms with van der Waals surface area (Å²) in [5.41, 5.74) is 0.131. The lowest BCUT2D eigenvalue weighted by Crippen LogP contribution is -2.41. The predicted octanol–water partition coefficient (Wildman–Crippen LogP) is 2.20. The predicted molar refractivity (Wildman–Crippen MR) is 63.3 cm³/mol. The zero-order valence-corrected chi connectivity index (χ0v) is 10.6. The van der Waals surface area contributed by atoms with Gasteiger partial charge in [0, 0.05) is 6.54 Å². The Hall–Kier alpha value is -0.940. The van der Waals surface area contributed by atoms with Crippen LogP contribution in [0.3, 0.4) is 0 Å². The van der Waals surface area contributed by atoms with E-state index in [-0.39, 0.29) is 23.6 Å². The number of carbonyl (C=O) groups excluding carboxylic acids is 1. The monoisotopic (exact) mass is 299 g/mol. The van der Waals surface area contributed by atoms with Crippen molar-refractivity contribution in [3.8, 4) is 0 Å². The average Bonchev–Trinajstić information content (AvgIpc) is 2.94. The van der Waals surface area contributed by atoms with Crippen LogP contribution < -0.4 is 0 Å². The van der Waals surface area contributed by atoms with E-state index in [4.69, 9.17) is 4.74 Å². The number of carbonyl (C=O) groups is 1. The fraction of sp³-hybridized carbons (Fsp3) is 0.417. The molecule has 3 nitrogen and oxygen atoms in total. The van der Waals surface area contributed by atoms with Gasteiger partial charge in [-0.3, -0.25) is 4.79 Å². The lowest BCUT2D eigenvalue weighted by molar-refractivity contribution is 0.0256. The fourth-order valence-electron chi connectivity index (χ4n) is 2.47. The standard InChI is InChI=1S/C12H11BrFNO2/c13-10-3-1-2-9(11(10)14)12(16)15-5-8-4-7(15)6-17-8/h1-3,7-8H,4-6H2/t7-,8-/m0/s1. The lowest BCUT2D eigenvalue weighted by Gasteiger charge is -2.27. The van der Waals surface area contributed by atoms with Crippen LogP contribution in [0.2, 0.25) is 0 Å². The molecule has 2 aliphatic heterocycles. The molecule has 2 saturated heterocycles. The Balaban J connectivity index is 1.89. The summed E-state index contributed by atoms with van der Waals surface area (Å²) in [5, 5.41) is 0. The number of rotatable bonds is 1. The van der Waals surface area contributed by atoms with Gasteiger partial charge in [-0.05, 0) is 34.5 Å². The van der Waals surface area contributed by atoms with E-state index >= 15 is 0 Å². The van der Waals surface area contributed by atoms with Crippen LogP contribution in [-0.4, -0.2) is 36.1 Å². The first-order valence-corrected chi connectivity index (χ1v) is 6.32. The molecule has 0 N–H and O–H groups in total. The van der Waals surface area contributed by atoms with Crippen LogP contribution in [0.5, 0.6) is 0 Å². The Morgan fingerprint density at radius 3 is 3.00 bits per heavy atom. The quantitative estimate of drug-likeness (QED) is 0.796. The van der Waals surface area contributed by atoms with Crippen LogP contribution in [-0.2, 0) is 4.74 Å². The van der Waals surface area contributed by atoms with Crippen LogP contribution in [0.4, 0.5) is 4.39 Å². The van der Waals surface area contributed by atoms with Gasteiger partial charge < -0.3 is 9.64 Å². The van der Waals surface area contributed by atoms with E-state index in [0.29, 0.717) is 17.6 Å². The first-order chi connectivity index (χ1) is 8.16. The molecule has 0 unspecified atom stereocenters. The van der Waals surface area contributed by atoms with Gasteiger partial charge >= 0.3 is 0 Å². The maximum Gasteiger partial charge on any atom is 0.257 e. The topological polar surface area (TPSA) is 29.5 Å². The number of amides is 1. The molecular weight excluding hydrogens is 289 g/mol. The largest absolute Gasteiger partial charge is 0.374 e. The molecule has 3 rings (SSSR count). The summed E-state index contributed by atoms with van der Waals surface area (Å²) in [5.74, 6) is -0.721. The first-order valence-electron chi connectivity index (χ1n) is 5.53. The maximum absolute atomic E-state index is 13.8. The summed E-state index contributed by atoms with van der Waals surface area (Å²) in [4.78, 5) is 13.9. The van der Waals surface area contributed by atoms with Crippen molar-refractivity contribution in [2.75, 3.05) is 13.2 Å². The summed E-state index contributed by atoms with van der Waals surface area (Å²) >= 11 is 3.09. The molecule has 0 spiro atoms. The summed E-state index contributed by atoms with van der Waals surface area (Å²) in [7, 11) is 0. The number of nitrogens with zero attached hydrogens (tertiary/aromatic N) is 1. The van der Waals surface area contributed by atoms with E-state index in [1.807, 2.05) is 0 Å². The third-order valence-corrected chi connectivity index (χ3v) is 3.96. The van der Waals surface area contributed by atoms with Gasteiger partial charge in [0.2, 0.25) is 0 Å². The third-order valence-electron chi connectivity index (χ3n) is 3.34. The van der Waals surface area contributed by atoms with Crippen LogP contribution in [0.15, 0.2) is 22.7 Å². The normalized spacial score (nSPS) is 26.6. The van der Waals surface area contributed by atoms with Gasteiger partial charge in [0.15, 0.2) is 0 Å². The molecule has 5 heteroatoms. The molecular formula is C12H11BrFNO2. The smallest absolute Gasteiger partial charge is 0.257 e. The first kappa shape index (κ1) is 11.2. The Morgan fingerprint density at radius 2 is 2.35 bits per heavy atom. The second kappa shape index (κ2) is 4.07. The highest BCUT2D eigenvalue weighted by atomic mass is 79.9. The van der Waals surface area contributed by atoms with Gasteiger partial charge in [-0.15, -0.1) is 0 Å². The van der Waals surface area contributed by atoms with Crippen molar-refractivity contribution in [2.45, 2.75) is 18.6 Å². The second-order valence-corrected chi connectivity index (χ2v) is 5.26. The van der Waals surface area contributed by atoms with E-state index in [1.165, 1.54) is 6.07 Å². The molecule has 1 amide bonds. The molecule has 0 aromatic heterocycles. The summed E-state index contributed by atoms with van der Waals surface area (Å²) < 4.78 is 19.6. The van der Waals surface area contributed by atoms with Crippen LogP contribution in [0, 0.1) is 5.82 Å². The van der Waals surface area contributed by atoms with Crippen molar-refractivity contribution < 1.29 is 13.9 Å². The Labute approximate surface area is 107 Å². The average molecular weight is 300 g/mol. The Kier molecular flexibility index (Phi) is 2.67. The number of morpholine rings is 1. The van der Waals surface area contributed by atoms with Crippen molar-refractivity contribution in [1.29, 1.82) is 0 Å². The zero-order chi connectivity index (χ0) is 12.0. The van der Waals surface area contributed by atoms with Gasteiger partial charge in [0.05, 0.1) is 28.8 Å².